The molecule has 22 heavy (non-hydrogen) atoms. The third kappa shape index (κ3) is 4.54. The number of sulfonamides is 1. The highest BCUT2D eigenvalue weighted by Crippen LogP contribution is 2.12. The standard InChI is InChI=1S/C14H20N4O3S/c1-11(17-22(2,20)21)14(19)15-8-5-9-18-13-7-4-3-6-12(13)10-16-18/h3-4,6-7,10-11,17H,5,8-9H2,1-2H3,(H,15,19)/t11-/m1/s1. The molecule has 1 aromatic carbocycles. The zero-order valence-corrected chi connectivity index (χ0v) is 13.4. The monoisotopic (exact) mass is 324 g/mol. The normalized spacial score (nSPS) is 13.2. The lowest BCUT2D eigenvalue weighted by atomic mass is 10.2. The van der Waals surface area contributed by atoms with E-state index in [2.05, 4.69) is 15.1 Å². The van der Waals surface area contributed by atoms with E-state index in [0.717, 1.165) is 17.2 Å². The molecule has 2 aromatic rings. The van der Waals surface area contributed by atoms with Crippen LogP contribution in [0.3, 0.4) is 0 Å². The smallest absolute Gasteiger partial charge is 0.237 e. The van der Waals surface area contributed by atoms with Crippen LogP contribution in [0.1, 0.15) is 13.3 Å². The molecule has 0 bridgehead atoms. The fourth-order valence-corrected chi connectivity index (χ4v) is 2.92. The Morgan fingerprint density at radius 1 is 1.36 bits per heavy atom. The second-order valence-electron chi connectivity index (χ2n) is 5.18. The van der Waals surface area contributed by atoms with Gasteiger partial charge in [-0.1, -0.05) is 18.2 Å². The molecule has 1 heterocycles. The van der Waals surface area contributed by atoms with E-state index in [1.54, 1.807) is 0 Å². The van der Waals surface area contributed by atoms with E-state index in [4.69, 9.17) is 0 Å². The van der Waals surface area contributed by atoms with Crippen molar-refractivity contribution in [1.82, 2.24) is 19.8 Å². The largest absolute Gasteiger partial charge is 0.355 e. The lowest BCUT2D eigenvalue weighted by Gasteiger charge is -2.12. The second-order valence-corrected chi connectivity index (χ2v) is 6.96. The predicted molar refractivity (Wildman–Crippen MR) is 84.8 cm³/mol. The number of para-hydroxylation sites is 1. The Morgan fingerprint density at radius 2 is 2.09 bits per heavy atom. The zero-order valence-electron chi connectivity index (χ0n) is 12.6. The van der Waals surface area contributed by atoms with Crippen molar-refractivity contribution in [3.63, 3.8) is 0 Å². The number of benzene rings is 1. The lowest BCUT2D eigenvalue weighted by Crippen LogP contribution is -2.44. The van der Waals surface area contributed by atoms with Crippen molar-refractivity contribution in [3.8, 4) is 0 Å². The summed E-state index contributed by atoms with van der Waals surface area (Å²) in [4.78, 5) is 11.7. The van der Waals surface area contributed by atoms with Crippen molar-refractivity contribution in [1.29, 1.82) is 0 Å². The number of carbonyl (C=O) groups is 1. The van der Waals surface area contributed by atoms with Gasteiger partial charge in [-0.2, -0.15) is 5.10 Å². The Bertz CT molecular complexity index is 754. The van der Waals surface area contributed by atoms with Crippen molar-refractivity contribution in [2.45, 2.75) is 25.9 Å². The summed E-state index contributed by atoms with van der Waals surface area (Å²) in [6.45, 7) is 2.65. The minimum atomic E-state index is -3.38. The van der Waals surface area contributed by atoms with E-state index in [9.17, 15) is 13.2 Å². The Hall–Kier alpha value is -1.93. The maximum atomic E-state index is 11.7. The van der Waals surface area contributed by atoms with Crippen LogP contribution in [0.25, 0.3) is 10.9 Å². The summed E-state index contributed by atoms with van der Waals surface area (Å²) < 4.78 is 26.2. The van der Waals surface area contributed by atoms with E-state index in [0.29, 0.717) is 19.5 Å². The number of hydrogen-bond acceptors (Lipinski definition) is 4. The van der Waals surface area contributed by atoms with Gasteiger partial charge in [-0.3, -0.25) is 9.48 Å². The molecule has 2 N–H and O–H groups in total. The number of amides is 1. The Morgan fingerprint density at radius 3 is 2.82 bits per heavy atom. The molecule has 1 atom stereocenters. The van der Waals surface area contributed by atoms with Gasteiger partial charge in [-0.25, -0.2) is 13.1 Å². The van der Waals surface area contributed by atoms with Crippen LogP contribution in [0.15, 0.2) is 30.5 Å². The molecule has 0 aliphatic heterocycles. The molecule has 0 spiro atoms. The first-order valence-corrected chi connectivity index (χ1v) is 8.91. The summed E-state index contributed by atoms with van der Waals surface area (Å²) in [5, 5.41) is 8.10. The van der Waals surface area contributed by atoms with Crippen LogP contribution in [0, 0.1) is 0 Å². The fourth-order valence-electron chi connectivity index (χ4n) is 2.17. The highest BCUT2D eigenvalue weighted by molar-refractivity contribution is 7.88. The van der Waals surface area contributed by atoms with Crippen molar-refractivity contribution < 1.29 is 13.2 Å². The van der Waals surface area contributed by atoms with Gasteiger partial charge in [-0.15, -0.1) is 0 Å². The molecule has 7 nitrogen and oxygen atoms in total. The predicted octanol–water partition coefficient (Wildman–Crippen LogP) is 0.480. The van der Waals surface area contributed by atoms with E-state index in [1.165, 1.54) is 6.92 Å². The molecule has 120 valence electrons. The molecule has 0 aliphatic carbocycles. The summed E-state index contributed by atoms with van der Waals surface area (Å²) in [5.74, 6) is -0.337. The molecule has 0 radical (unpaired) electrons. The first-order valence-electron chi connectivity index (χ1n) is 7.02. The third-order valence-corrected chi connectivity index (χ3v) is 3.96. The Labute approximate surface area is 129 Å². The average molecular weight is 324 g/mol. The number of carbonyl (C=O) groups excluding carboxylic acids is 1. The summed E-state index contributed by atoms with van der Waals surface area (Å²) in [6, 6.07) is 7.14. The number of aromatic nitrogens is 2. The van der Waals surface area contributed by atoms with E-state index >= 15 is 0 Å². The molecule has 0 saturated heterocycles. The number of nitrogens with one attached hydrogen (secondary N) is 2. The molecule has 0 saturated carbocycles. The van der Waals surface area contributed by atoms with Gasteiger partial charge in [0.25, 0.3) is 0 Å². The van der Waals surface area contributed by atoms with Crippen LogP contribution < -0.4 is 10.0 Å². The van der Waals surface area contributed by atoms with Crippen molar-refractivity contribution in [2.75, 3.05) is 12.8 Å². The van der Waals surface area contributed by atoms with Crippen LogP contribution in [0.5, 0.6) is 0 Å². The van der Waals surface area contributed by atoms with Gasteiger partial charge in [0.05, 0.1) is 24.0 Å². The second kappa shape index (κ2) is 6.89. The average Bonchev–Trinajstić information content (AvgIpc) is 2.85. The molecule has 2 rings (SSSR count). The maximum absolute atomic E-state index is 11.7. The van der Waals surface area contributed by atoms with Crippen LogP contribution in [0.2, 0.25) is 0 Å². The number of rotatable bonds is 7. The summed E-state index contributed by atoms with van der Waals surface area (Å²) in [6.07, 6.45) is 3.55. The van der Waals surface area contributed by atoms with E-state index in [-0.39, 0.29) is 5.91 Å². The third-order valence-electron chi connectivity index (χ3n) is 3.18. The Kier molecular flexibility index (Phi) is 5.15. The van der Waals surface area contributed by atoms with E-state index in [1.807, 2.05) is 35.1 Å². The van der Waals surface area contributed by atoms with Gasteiger partial charge in [0.15, 0.2) is 0 Å². The number of hydrogen-bond donors (Lipinski definition) is 2. The molecular weight excluding hydrogens is 304 g/mol. The number of nitrogens with zero attached hydrogens (tertiary/aromatic N) is 2. The van der Waals surface area contributed by atoms with Crippen LogP contribution in [-0.2, 0) is 21.4 Å². The molecule has 0 unspecified atom stereocenters. The zero-order chi connectivity index (χ0) is 16.2. The van der Waals surface area contributed by atoms with Crippen molar-refractivity contribution in [3.05, 3.63) is 30.5 Å². The van der Waals surface area contributed by atoms with Crippen LogP contribution in [0.4, 0.5) is 0 Å². The van der Waals surface area contributed by atoms with Crippen molar-refractivity contribution in [2.24, 2.45) is 0 Å². The molecule has 8 heteroatoms. The van der Waals surface area contributed by atoms with Gasteiger partial charge in [0.2, 0.25) is 15.9 Å². The summed E-state index contributed by atoms with van der Waals surface area (Å²) in [7, 11) is -3.38. The summed E-state index contributed by atoms with van der Waals surface area (Å²) >= 11 is 0. The highest BCUT2D eigenvalue weighted by atomic mass is 32.2. The van der Waals surface area contributed by atoms with E-state index < -0.39 is 16.1 Å². The van der Waals surface area contributed by atoms with Gasteiger partial charge in [0.1, 0.15) is 0 Å². The maximum Gasteiger partial charge on any atom is 0.237 e. The molecule has 1 amide bonds. The van der Waals surface area contributed by atoms with Gasteiger partial charge in [0, 0.05) is 18.5 Å². The molecule has 0 fully saturated rings. The minimum absolute atomic E-state index is 0.337. The topological polar surface area (TPSA) is 93.1 Å². The fraction of sp³-hybridized carbons (Fsp3) is 0.429. The number of aryl methyl sites for hydroxylation is 1. The first kappa shape index (κ1) is 16.4. The van der Waals surface area contributed by atoms with Crippen LogP contribution in [-0.4, -0.2) is 42.9 Å². The van der Waals surface area contributed by atoms with Crippen molar-refractivity contribution >= 4 is 26.8 Å². The minimum Gasteiger partial charge on any atom is -0.355 e. The first-order chi connectivity index (χ1) is 10.4. The highest BCUT2D eigenvalue weighted by Gasteiger charge is 2.16. The quantitative estimate of drug-likeness (QED) is 0.725. The summed E-state index contributed by atoms with van der Waals surface area (Å²) in [5.41, 5.74) is 1.06. The molecule has 0 aliphatic rings. The SMILES string of the molecule is C[C@@H](NS(C)(=O)=O)C(=O)NCCCn1ncc2ccccc21. The van der Waals surface area contributed by atoms with Crippen LogP contribution >= 0.6 is 0 Å². The Balaban J connectivity index is 1.78. The van der Waals surface area contributed by atoms with Gasteiger partial charge >= 0.3 is 0 Å². The van der Waals surface area contributed by atoms with Gasteiger partial charge < -0.3 is 5.32 Å². The number of fused-ring (bicyclic) bond motifs is 1. The lowest BCUT2D eigenvalue weighted by molar-refractivity contribution is -0.122. The molecule has 1 aromatic heterocycles. The van der Waals surface area contributed by atoms with Gasteiger partial charge in [-0.05, 0) is 19.4 Å². The molecular formula is C14H20N4O3S.